The maximum Gasteiger partial charge on any atom is 0.226 e. The number of carbonyl (C=O) groups is 1. The molecule has 1 saturated heterocycles. The summed E-state index contributed by atoms with van der Waals surface area (Å²) in [5, 5.41) is 10.9. The van der Waals surface area contributed by atoms with E-state index < -0.39 is 0 Å². The summed E-state index contributed by atoms with van der Waals surface area (Å²) in [7, 11) is 0. The first kappa shape index (κ1) is 24.5. The lowest BCUT2D eigenvalue weighted by atomic mass is 9.96. The number of hydrogen-bond acceptors (Lipinski definition) is 6. The Morgan fingerprint density at radius 1 is 1.21 bits per heavy atom. The van der Waals surface area contributed by atoms with Gasteiger partial charge in [0.15, 0.2) is 5.82 Å². The average Bonchev–Trinajstić information content (AvgIpc) is 3.27. The number of amides is 1. The molecule has 1 aromatic carbocycles. The number of fused-ring (bicyclic) bond motifs is 6. The molecular formula is C29H32ClN5O2S. The van der Waals surface area contributed by atoms with Gasteiger partial charge in [-0.15, -0.1) is 21.5 Å². The lowest BCUT2D eigenvalue weighted by molar-refractivity contribution is -0.139. The van der Waals surface area contributed by atoms with E-state index >= 15 is 0 Å². The molecule has 4 heterocycles. The Morgan fingerprint density at radius 3 is 2.74 bits per heavy atom. The molecule has 3 aromatic rings. The number of aryl methyl sites for hydroxylation is 1. The number of thiophene rings is 1. The van der Waals surface area contributed by atoms with Gasteiger partial charge in [-0.3, -0.25) is 14.4 Å². The molecule has 9 heteroatoms. The van der Waals surface area contributed by atoms with Crippen molar-refractivity contribution in [1.82, 2.24) is 19.7 Å². The van der Waals surface area contributed by atoms with Crippen molar-refractivity contribution in [1.29, 1.82) is 0 Å². The number of hydrogen-bond donors (Lipinski definition) is 0. The largest absolute Gasteiger partial charge is 0.381 e. The first-order valence-corrected chi connectivity index (χ1v) is 15.0. The Bertz CT molecular complexity index is 1450. The molecule has 7 rings (SSSR count). The van der Waals surface area contributed by atoms with Crippen molar-refractivity contribution >= 4 is 34.6 Å². The minimum absolute atomic E-state index is 0.0388. The van der Waals surface area contributed by atoms with E-state index in [2.05, 4.69) is 32.7 Å². The fourth-order valence-electron chi connectivity index (χ4n) is 6.47. The summed E-state index contributed by atoms with van der Waals surface area (Å²) in [4.78, 5) is 22.8. The second-order valence-electron chi connectivity index (χ2n) is 11.0. The van der Waals surface area contributed by atoms with Gasteiger partial charge < -0.3 is 9.64 Å². The SMILES string of the molecule is CCCN(C(=O)[C@@H]1Cc2sc3c(c2C1)C(c1ccccc1Cl)=NC1(CC1)c1nnc(C)n1-3)C1CCOCC1. The molecule has 1 amide bonds. The monoisotopic (exact) mass is 549 g/mol. The molecule has 198 valence electrons. The Balaban J connectivity index is 1.32. The lowest BCUT2D eigenvalue weighted by Crippen LogP contribution is -2.46. The molecule has 1 saturated carbocycles. The van der Waals surface area contributed by atoms with Crippen molar-refractivity contribution in [2.75, 3.05) is 19.8 Å². The number of ether oxygens (including phenoxy) is 1. The quantitative estimate of drug-likeness (QED) is 0.435. The fraction of sp³-hybridized carbons (Fsp3) is 0.517. The van der Waals surface area contributed by atoms with Gasteiger partial charge in [-0.2, -0.15) is 0 Å². The van der Waals surface area contributed by atoms with Crippen LogP contribution < -0.4 is 0 Å². The van der Waals surface area contributed by atoms with Gasteiger partial charge in [0.2, 0.25) is 5.91 Å². The van der Waals surface area contributed by atoms with Gasteiger partial charge in [-0.1, -0.05) is 36.7 Å². The standard InChI is InChI=1S/C29H32ClN5O2S/c1-3-12-34(19-8-13-37-14-9-19)26(36)18-15-21-23(16-18)38-27-24(21)25(20-6-4-5-7-22(20)30)31-29(10-11-29)28-33-32-17(2)35(27)28/h4-7,18-19H,3,8-16H2,1-2H3/t18-/m0/s1. The molecule has 0 radical (unpaired) electrons. The van der Waals surface area contributed by atoms with Crippen molar-refractivity contribution in [2.45, 2.75) is 70.4 Å². The number of halogens is 1. The van der Waals surface area contributed by atoms with E-state index in [1.807, 2.05) is 25.1 Å². The van der Waals surface area contributed by atoms with Gasteiger partial charge in [-0.05, 0) is 63.5 Å². The third-order valence-corrected chi connectivity index (χ3v) is 10.1. The average molecular weight is 550 g/mol. The van der Waals surface area contributed by atoms with Gasteiger partial charge in [0.25, 0.3) is 0 Å². The molecule has 0 N–H and O–H groups in total. The van der Waals surface area contributed by atoms with E-state index in [4.69, 9.17) is 21.3 Å². The van der Waals surface area contributed by atoms with Crippen LogP contribution in [0.25, 0.3) is 5.00 Å². The van der Waals surface area contributed by atoms with E-state index in [1.165, 1.54) is 10.4 Å². The van der Waals surface area contributed by atoms with Crippen LogP contribution in [0.2, 0.25) is 5.02 Å². The second-order valence-corrected chi connectivity index (χ2v) is 12.5. The van der Waals surface area contributed by atoms with Gasteiger partial charge in [0.05, 0.1) is 5.71 Å². The van der Waals surface area contributed by atoms with E-state index in [1.54, 1.807) is 11.3 Å². The highest BCUT2D eigenvalue weighted by molar-refractivity contribution is 7.15. The summed E-state index contributed by atoms with van der Waals surface area (Å²) >= 11 is 8.57. The predicted molar refractivity (Wildman–Crippen MR) is 149 cm³/mol. The normalized spacial score (nSPS) is 21.4. The lowest BCUT2D eigenvalue weighted by Gasteiger charge is -2.36. The first-order chi connectivity index (χ1) is 18.5. The zero-order valence-corrected chi connectivity index (χ0v) is 23.4. The van der Waals surface area contributed by atoms with Crippen LogP contribution in [0.15, 0.2) is 29.3 Å². The van der Waals surface area contributed by atoms with Crippen LogP contribution in [-0.4, -0.2) is 57.1 Å². The molecular weight excluding hydrogens is 518 g/mol. The van der Waals surface area contributed by atoms with E-state index in [-0.39, 0.29) is 17.5 Å². The van der Waals surface area contributed by atoms with E-state index in [0.717, 1.165) is 98.2 Å². The van der Waals surface area contributed by atoms with Crippen molar-refractivity contribution in [3.63, 3.8) is 0 Å². The summed E-state index contributed by atoms with van der Waals surface area (Å²) in [6.07, 6.45) is 6.23. The van der Waals surface area contributed by atoms with E-state index in [0.29, 0.717) is 10.9 Å². The zero-order chi connectivity index (χ0) is 26.0. The second kappa shape index (κ2) is 9.28. The Kier molecular flexibility index (Phi) is 5.98. The van der Waals surface area contributed by atoms with Crippen LogP contribution in [0, 0.1) is 12.8 Å². The number of aromatic nitrogens is 3. The molecule has 38 heavy (non-hydrogen) atoms. The van der Waals surface area contributed by atoms with Crippen molar-refractivity contribution < 1.29 is 9.53 Å². The molecule has 1 spiro atoms. The number of nitrogens with zero attached hydrogens (tertiary/aromatic N) is 5. The highest BCUT2D eigenvalue weighted by atomic mass is 35.5. The Morgan fingerprint density at radius 2 is 2.00 bits per heavy atom. The zero-order valence-electron chi connectivity index (χ0n) is 21.9. The number of benzene rings is 1. The van der Waals surface area contributed by atoms with Crippen LogP contribution in [0.4, 0.5) is 0 Å². The summed E-state index contributed by atoms with van der Waals surface area (Å²) in [5.74, 6) is 2.06. The molecule has 2 aliphatic heterocycles. The van der Waals surface area contributed by atoms with Crippen LogP contribution in [0.5, 0.6) is 0 Å². The molecule has 0 bridgehead atoms. The summed E-state index contributed by atoms with van der Waals surface area (Å²) in [6.45, 7) is 6.46. The van der Waals surface area contributed by atoms with Crippen LogP contribution in [0.1, 0.15) is 72.2 Å². The maximum atomic E-state index is 14.0. The molecule has 2 aromatic heterocycles. The highest BCUT2D eigenvalue weighted by Gasteiger charge is 2.52. The molecule has 4 aliphatic rings. The van der Waals surface area contributed by atoms with Crippen molar-refractivity contribution in [3.8, 4) is 5.00 Å². The Labute approximate surface area is 231 Å². The highest BCUT2D eigenvalue weighted by Crippen LogP contribution is 2.54. The van der Waals surface area contributed by atoms with Gasteiger partial charge in [0.1, 0.15) is 16.4 Å². The van der Waals surface area contributed by atoms with Gasteiger partial charge >= 0.3 is 0 Å². The molecule has 2 fully saturated rings. The molecule has 7 nitrogen and oxygen atoms in total. The number of carbonyl (C=O) groups excluding carboxylic acids is 1. The number of aliphatic imine (C=N–C) groups is 1. The third-order valence-electron chi connectivity index (χ3n) is 8.54. The van der Waals surface area contributed by atoms with Crippen molar-refractivity contribution in [2.24, 2.45) is 10.9 Å². The van der Waals surface area contributed by atoms with Crippen LogP contribution in [-0.2, 0) is 27.9 Å². The number of rotatable bonds is 5. The molecule has 1 atom stereocenters. The first-order valence-electron chi connectivity index (χ1n) is 13.8. The molecule has 2 aliphatic carbocycles. The van der Waals surface area contributed by atoms with E-state index in [9.17, 15) is 4.79 Å². The smallest absolute Gasteiger partial charge is 0.226 e. The van der Waals surface area contributed by atoms with Crippen LogP contribution >= 0.6 is 22.9 Å². The minimum atomic E-state index is -0.351. The molecule has 0 unspecified atom stereocenters. The Hall–Kier alpha value is -2.55. The summed E-state index contributed by atoms with van der Waals surface area (Å²) in [5.41, 5.74) is 3.91. The maximum absolute atomic E-state index is 14.0. The van der Waals surface area contributed by atoms with Gasteiger partial charge in [0, 0.05) is 52.7 Å². The topological polar surface area (TPSA) is 72.6 Å². The van der Waals surface area contributed by atoms with Gasteiger partial charge in [-0.25, -0.2) is 0 Å². The van der Waals surface area contributed by atoms with Crippen LogP contribution in [0.3, 0.4) is 0 Å². The fourth-order valence-corrected chi connectivity index (χ4v) is 8.15. The third kappa shape index (κ3) is 3.79. The summed E-state index contributed by atoms with van der Waals surface area (Å²) in [6, 6.07) is 8.26. The van der Waals surface area contributed by atoms with Crippen molar-refractivity contribution in [3.05, 3.63) is 62.5 Å². The minimum Gasteiger partial charge on any atom is -0.381 e. The predicted octanol–water partition coefficient (Wildman–Crippen LogP) is 5.26. The summed E-state index contributed by atoms with van der Waals surface area (Å²) < 4.78 is 7.81.